The Bertz CT molecular complexity index is 1640. The molecule has 222 valence electrons. The number of aryl methyl sites for hydroxylation is 1. The average molecular weight is 599 g/mol. The maximum Gasteiger partial charge on any atom is 0.247 e. The summed E-state index contributed by atoms with van der Waals surface area (Å²) in [6, 6.07) is 3.92. The number of likely N-dealkylation sites (N-methyl/N-ethyl adjacent to an activating group) is 2. The molecule has 0 aliphatic carbocycles. The lowest BCUT2D eigenvalue weighted by Crippen LogP contribution is -2.30. The molecule has 0 unspecified atom stereocenters. The molecule has 13 heteroatoms. The van der Waals surface area contributed by atoms with E-state index in [1.807, 2.05) is 44.8 Å². The lowest BCUT2D eigenvalue weighted by molar-refractivity contribution is -0.111. The summed E-state index contributed by atoms with van der Waals surface area (Å²) in [5, 5.41) is 6.59. The first-order valence-electron chi connectivity index (χ1n) is 13.1. The van der Waals surface area contributed by atoms with Crippen molar-refractivity contribution in [1.82, 2.24) is 24.4 Å². The largest absolute Gasteiger partial charge is 0.473 e. The monoisotopic (exact) mass is 598 g/mol. The molecule has 3 heterocycles. The van der Waals surface area contributed by atoms with E-state index in [-0.39, 0.29) is 23.0 Å². The third-order valence-corrected chi connectivity index (χ3v) is 6.56. The number of anilines is 4. The maximum atomic E-state index is 14.2. The summed E-state index contributed by atoms with van der Waals surface area (Å²) in [6.45, 7) is 8.66. The highest BCUT2D eigenvalue weighted by atomic mass is 35.5. The highest BCUT2D eigenvalue weighted by Gasteiger charge is 2.21. The molecule has 0 saturated heterocycles. The Morgan fingerprint density at radius 3 is 2.52 bits per heavy atom. The second-order valence-corrected chi connectivity index (χ2v) is 10.7. The van der Waals surface area contributed by atoms with Gasteiger partial charge in [0, 0.05) is 50.4 Å². The highest BCUT2D eigenvalue weighted by molar-refractivity contribution is 6.33. The van der Waals surface area contributed by atoms with Crippen molar-refractivity contribution in [1.29, 1.82) is 0 Å². The van der Waals surface area contributed by atoms with E-state index in [2.05, 4.69) is 27.2 Å². The van der Waals surface area contributed by atoms with Gasteiger partial charge in [0.1, 0.15) is 5.69 Å². The first-order valence-corrected chi connectivity index (χ1v) is 13.5. The number of carbonyl (C=O) groups excluding carboxylic acids is 1. The topological polar surface area (TPSA) is 100 Å². The number of benzene rings is 1. The number of hydrogen-bond donors (Lipinski definition) is 2. The van der Waals surface area contributed by atoms with E-state index in [0.717, 1.165) is 18.7 Å². The van der Waals surface area contributed by atoms with Crippen LogP contribution in [0.15, 0.2) is 43.2 Å². The van der Waals surface area contributed by atoms with Gasteiger partial charge in [0.05, 0.1) is 34.2 Å². The van der Waals surface area contributed by atoms with Gasteiger partial charge < -0.3 is 29.7 Å². The fourth-order valence-electron chi connectivity index (χ4n) is 4.21. The van der Waals surface area contributed by atoms with E-state index < -0.39 is 17.5 Å². The number of carbonyl (C=O) groups is 1. The molecule has 2 N–H and O–H groups in total. The fourth-order valence-corrected chi connectivity index (χ4v) is 4.41. The first-order chi connectivity index (χ1) is 19.9. The van der Waals surface area contributed by atoms with E-state index >= 15 is 0 Å². The van der Waals surface area contributed by atoms with E-state index in [1.54, 1.807) is 23.9 Å². The number of ether oxygens (including phenoxy) is 1. The third-order valence-electron chi connectivity index (χ3n) is 6.28. The fraction of sp³-hybridized carbons (Fsp3) is 0.310. The molecule has 0 bridgehead atoms. The van der Waals surface area contributed by atoms with Crippen LogP contribution in [0.5, 0.6) is 5.88 Å². The SMILES string of the molecule is C=CC(=O)Nc1cc(Nc2ncc(Cl)c(-c3cn(C)c4cc(F)c(F)cc34)n2)c(OC(C)C)nc1N(C)CCN(C)C. The third kappa shape index (κ3) is 6.77. The number of amides is 1. The summed E-state index contributed by atoms with van der Waals surface area (Å²) in [5.74, 6) is -1.45. The number of aromatic nitrogens is 4. The van der Waals surface area contributed by atoms with Crippen LogP contribution in [0.3, 0.4) is 0 Å². The van der Waals surface area contributed by atoms with Crippen LogP contribution in [-0.2, 0) is 11.8 Å². The number of halogens is 3. The normalized spacial score (nSPS) is 11.3. The van der Waals surface area contributed by atoms with Crippen molar-refractivity contribution < 1.29 is 18.3 Å². The number of pyridine rings is 1. The number of nitrogens with zero attached hydrogens (tertiary/aromatic N) is 6. The zero-order chi connectivity index (χ0) is 30.7. The Morgan fingerprint density at radius 2 is 1.86 bits per heavy atom. The summed E-state index contributed by atoms with van der Waals surface area (Å²) in [6.07, 6.45) is 4.05. The van der Waals surface area contributed by atoms with E-state index in [1.165, 1.54) is 12.3 Å². The van der Waals surface area contributed by atoms with Crippen molar-refractivity contribution in [3.63, 3.8) is 0 Å². The molecule has 3 aromatic heterocycles. The Labute approximate surface area is 248 Å². The number of rotatable bonds is 11. The number of hydrogen-bond acceptors (Lipinski definition) is 8. The van der Waals surface area contributed by atoms with Crippen molar-refractivity contribution in [3.05, 3.63) is 59.9 Å². The van der Waals surface area contributed by atoms with Gasteiger partial charge >= 0.3 is 0 Å². The zero-order valence-corrected chi connectivity index (χ0v) is 25.1. The van der Waals surface area contributed by atoms with Crippen LogP contribution in [-0.4, -0.2) is 70.7 Å². The van der Waals surface area contributed by atoms with Crippen molar-refractivity contribution in [3.8, 4) is 17.1 Å². The Kier molecular flexibility index (Phi) is 9.27. The lowest BCUT2D eigenvalue weighted by atomic mass is 10.1. The van der Waals surface area contributed by atoms with Crippen molar-refractivity contribution in [2.75, 3.05) is 49.8 Å². The molecule has 0 aliphatic heterocycles. The standard InChI is InChI=1S/C29H33ClF2N8O2/c1-8-25(41)34-22-13-23(28(42-16(2)3)37-27(22)39(6)10-9-38(4)5)35-29-33-14-19(30)26(36-29)18-15-40(7)24-12-21(32)20(31)11-17(18)24/h8,11-16H,1,9-10H2,2-7H3,(H,34,41)(H,33,35,36). The molecular formula is C29H33ClF2N8O2. The Balaban J connectivity index is 1.80. The predicted octanol–water partition coefficient (Wildman–Crippen LogP) is 5.62. The average Bonchev–Trinajstić information content (AvgIpc) is 3.24. The molecule has 0 spiro atoms. The van der Waals surface area contributed by atoms with Crippen LogP contribution in [0.4, 0.5) is 31.9 Å². The molecule has 4 aromatic rings. The van der Waals surface area contributed by atoms with Crippen LogP contribution in [0.1, 0.15) is 13.8 Å². The number of nitrogens with one attached hydrogen (secondary N) is 2. The Morgan fingerprint density at radius 1 is 1.14 bits per heavy atom. The molecular weight excluding hydrogens is 566 g/mol. The van der Waals surface area contributed by atoms with Crippen molar-refractivity contribution in [2.45, 2.75) is 20.0 Å². The van der Waals surface area contributed by atoms with Crippen LogP contribution >= 0.6 is 11.6 Å². The molecule has 0 aliphatic rings. The molecule has 0 fully saturated rings. The summed E-state index contributed by atoms with van der Waals surface area (Å²) < 4.78 is 35.8. The minimum Gasteiger partial charge on any atom is -0.473 e. The summed E-state index contributed by atoms with van der Waals surface area (Å²) in [5.41, 5.74) is 2.08. The smallest absolute Gasteiger partial charge is 0.247 e. The van der Waals surface area contributed by atoms with E-state index in [9.17, 15) is 13.6 Å². The molecule has 0 saturated carbocycles. The second kappa shape index (κ2) is 12.7. The van der Waals surface area contributed by atoms with Crippen molar-refractivity contribution >= 4 is 51.6 Å². The summed E-state index contributed by atoms with van der Waals surface area (Å²) in [4.78, 5) is 29.9. The van der Waals surface area contributed by atoms with Gasteiger partial charge in [-0.1, -0.05) is 18.2 Å². The Hall–Kier alpha value is -4.29. The van der Waals surface area contributed by atoms with Crippen LogP contribution in [0, 0.1) is 11.6 Å². The van der Waals surface area contributed by atoms with E-state index in [0.29, 0.717) is 45.9 Å². The first kappa shape index (κ1) is 30.7. The van der Waals surface area contributed by atoms with Crippen LogP contribution in [0.2, 0.25) is 5.02 Å². The number of fused-ring (bicyclic) bond motifs is 1. The quantitative estimate of drug-likeness (QED) is 0.215. The molecule has 10 nitrogen and oxygen atoms in total. The van der Waals surface area contributed by atoms with E-state index in [4.69, 9.17) is 21.3 Å². The van der Waals surface area contributed by atoms with Gasteiger partial charge in [-0.15, -0.1) is 0 Å². The highest BCUT2D eigenvalue weighted by Crippen LogP contribution is 2.37. The van der Waals surface area contributed by atoms with Crippen molar-refractivity contribution in [2.24, 2.45) is 7.05 Å². The maximum absolute atomic E-state index is 14.2. The minimum absolute atomic E-state index is 0.138. The second-order valence-electron chi connectivity index (χ2n) is 10.2. The van der Waals surface area contributed by atoms with Crippen LogP contribution < -0.4 is 20.3 Å². The van der Waals surface area contributed by atoms with Gasteiger partial charge in [-0.25, -0.2) is 18.7 Å². The lowest BCUT2D eigenvalue weighted by Gasteiger charge is -2.25. The molecule has 42 heavy (non-hydrogen) atoms. The molecule has 1 amide bonds. The van der Waals surface area contributed by atoms with Gasteiger partial charge in [-0.05, 0) is 46.2 Å². The zero-order valence-electron chi connectivity index (χ0n) is 24.3. The van der Waals surface area contributed by atoms with Gasteiger partial charge in [-0.3, -0.25) is 4.79 Å². The van der Waals surface area contributed by atoms with Gasteiger partial charge in [0.25, 0.3) is 0 Å². The molecule has 4 rings (SSSR count). The molecule has 0 atom stereocenters. The summed E-state index contributed by atoms with van der Waals surface area (Å²) in [7, 11) is 7.52. The van der Waals surface area contributed by atoms with Crippen LogP contribution in [0.25, 0.3) is 22.2 Å². The van der Waals surface area contributed by atoms with Gasteiger partial charge in [-0.2, -0.15) is 4.98 Å². The van der Waals surface area contributed by atoms with Gasteiger partial charge in [0.2, 0.25) is 17.7 Å². The predicted molar refractivity (Wildman–Crippen MR) is 163 cm³/mol. The van der Waals surface area contributed by atoms with Gasteiger partial charge in [0.15, 0.2) is 17.5 Å². The molecule has 0 radical (unpaired) electrons. The minimum atomic E-state index is -0.982. The molecule has 1 aromatic carbocycles. The summed E-state index contributed by atoms with van der Waals surface area (Å²) >= 11 is 6.49.